The number of anilines is 1. The zero-order valence-electron chi connectivity index (χ0n) is 16.2. The lowest BCUT2D eigenvalue weighted by Crippen LogP contribution is -2.16. The summed E-state index contributed by atoms with van der Waals surface area (Å²) in [6.07, 6.45) is 0. The number of aromatic nitrogens is 2. The molecular weight excluding hydrogens is 338 g/mol. The van der Waals surface area contributed by atoms with Gasteiger partial charge in [-0.15, -0.1) is 0 Å². The van der Waals surface area contributed by atoms with Crippen molar-refractivity contribution in [2.45, 2.75) is 33.1 Å². The van der Waals surface area contributed by atoms with Crippen LogP contribution in [0.3, 0.4) is 0 Å². The van der Waals surface area contributed by atoms with Gasteiger partial charge in [-0.3, -0.25) is 4.79 Å². The Morgan fingerprint density at radius 2 is 1.74 bits per heavy atom. The third-order valence-electron chi connectivity index (χ3n) is 4.15. The van der Waals surface area contributed by atoms with Crippen molar-refractivity contribution in [2.24, 2.45) is 0 Å². The predicted molar refractivity (Wildman–Crippen MR) is 108 cm³/mol. The number of benzene rings is 2. The number of nitrogens with one attached hydrogen (secondary N) is 1. The Labute approximate surface area is 160 Å². The minimum absolute atomic E-state index is 0.136. The van der Waals surface area contributed by atoms with E-state index in [1.807, 2.05) is 55.5 Å². The van der Waals surface area contributed by atoms with Crippen molar-refractivity contribution in [1.82, 2.24) is 9.78 Å². The van der Waals surface area contributed by atoms with Crippen molar-refractivity contribution in [1.29, 1.82) is 0 Å². The van der Waals surface area contributed by atoms with Crippen LogP contribution in [-0.4, -0.2) is 22.3 Å². The zero-order valence-corrected chi connectivity index (χ0v) is 16.2. The maximum Gasteiger partial charge on any atom is 0.260 e. The Balaban J connectivity index is 1.99. The van der Waals surface area contributed by atoms with Gasteiger partial charge in [0.05, 0.1) is 23.6 Å². The average Bonchev–Trinajstić information content (AvgIpc) is 3.07. The smallest absolute Gasteiger partial charge is 0.260 e. The minimum Gasteiger partial charge on any atom is -0.493 e. The van der Waals surface area contributed by atoms with Gasteiger partial charge in [-0.05, 0) is 31.2 Å². The van der Waals surface area contributed by atoms with Gasteiger partial charge >= 0.3 is 0 Å². The summed E-state index contributed by atoms with van der Waals surface area (Å²) >= 11 is 0. The van der Waals surface area contributed by atoms with E-state index >= 15 is 0 Å². The summed E-state index contributed by atoms with van der Waals surface area (Å²) in [4.78, 5) is 12.9. The fourth-order valence-corrected chi connectivity index (χ4v) is 2.72. The molecule has 0 bridgehead atoms. The van der Waals surface area contributed by atoms with Crippen molar-refractivity contribution in [3.05, 3.63) is 71.9 Å². The van der Waals surface area contributed by atoms with E-state index in [0.29, 0.717) is 23.7 Å². The van der Waals surface area contributed by atoms with Crippen molar-refractivity contribution >= 4 is 11.7 Å². The van der Waals surface area contributed by atoms with E-state index in [2.05, 4.69) is 26.1 Å². The summed E-state index contributed by atoms with van der Waals surface area (Å²) in [5.74, 6) is 0.971. The molecule has 27 heavy (non-hydrogen) atoms. The molecule has 1 aromatic heterocycles. The molecule has 0 spiro atoms. The maximum absolute atomic E-state index is 12.9. The van der Waals surface area contributed by atoms with Gasteiger partial charge in [0.15, 0.2) is 0 Å². The number of carbonyl (C=O) groups is 1. The number of nitrogens with zero attached hydrogens (tertiary/aromatic N) is 2. The fourth-order valence-electron chi connectivity index (χ4n) is 2.72. The number of hydrogen-bond acceptors (Lipinski definition) is 3. The molecule has 0 aliphatic heterocycles. The SMILES string of the molecule is CCOc1ccccc1C(=O)Nc1cc(C(C)(C)C)nn1-c1ccccc1. The summed E-state index contributed by atoms with van der Waals surface area (Å²) in [5.41, 5.74) is 2.15. The predicted octanol–water partition coefficient (Wildman–Crippen LogP) is 4.82. The van der Waals surface area contributed by atoms with Crippen LogP contribution in [0.15, 0.2) is 60.7 Å². The summed E-state index contributed by atoms with van der Waals surface area (Å²) in [5, 5.41) is 7.73. The zero-order chi connectivity index (χ0) is 19.4. The average molecular weight is 363 g/mol. The number of rotatable bonds is 5. The third-order valence-corrected chi connectivity index (χ3v) is 4.15. The Kier molecular flexibility index (Phi) is 5.31. The number of carbonyl (C=O) groups excluding carboxylic acids is 1. The standard InChI is InChI=1S/C22H25N3O2/c1-5-27-18-14-10-9-13-17(18)21(26)23-20-15-19(22(2,3)4)24-25(20)16-11-7-6-8-12-16/h6-15H,5H2,1-4H3,(H,23,26). The summed E-state index contributed by atoms with van der Waals surface area (Å²) in [6.45, 7) is 8.69. The summed E-state index contributed by atoms with van der Waals surface area (Å²) < 4.78 is 7.35. The quantitative estimate of drug-likeness (QED) is 0.707. The van der Waals surface area contributed by atoms with E-state index in [1.54, 1.807) is 16.8 Å². The van der Waals surface area contributed by atoms with Gasteiger partial charge in [-0.25, -0.2) is 4.68 Å². The molecule has 3 aromatic rings. The van der Waals surface area contributed by atoms with Crippen LogP contribution in [0.5, 0.6) is 5.75 Å². The summed E-state index contributed by atoms with van der Waals surface area (Å²) in [7, 11) is 0. The molecule has 2 aromatic carbocycles. The monoisotopic (exact) mass is 363 g/mol. The number of amides is 1. The first-order valence-corrected chi connectivity index (χ1v) is 9.09. The molecule has 1 heterocycles. The van der Waals surface area contributed by atoms with Crippen LogP contribution < -0.4 is 10.1 Å². The first kappa shape index (κ1) is 18.7. The van der Waals surface area contributed by atoms with Gasteiger partial charge in [-0.2, -0.15) is 5.10 Å². The molecule has 0 atom stereocenters. The van der Waals surface area contributed by atoms with E-state index in [4.69, 9.17) is 9.84 Å². The molecule has 0 radical (unpaired) electrons. The molecule has 1 N–H and O–H groups in total. The molecule has 0 saturated carbocycles. The molecule has 0 aliphatic rings. The number of ether oxygens (including phenoxy) is 1. The second-order valence-corrected chi connectivity index (χ2v) is 7.30. The third kappa shape index (κ3) is 4.19. The normalized spacial score (nSPS) is 11.3. The molecule has 0 fully saturated rings. The summed E-state index contributed by atoms with van der Waals surface area (Å²) in [6, 6.07) is 18.9. The van der Waals surface area contributed by atoms with Crippen molar-refractivity contribution in [3.8, 4) is 11.4 Å². The molecular formula is C22H25N3O2. The second kappa shape index (κ2) is 7.66. The number of hydrogen-bond donors (Lipinski definition) is 1. The van der Waals surface area contributed by atoms with Gasteiger partial charge in [0, 0.05) is 11.5 Å². The highest BCUT2D eigenvalue weighted by Crippen LogP contribution is 2.27. The first-order chi connectivity index (χ1) is 12.9. The number of para-hydroxylation sites is 2. The molecule has 0 aliphatic carbocycles. The highest BCUT2D eigenvalue weighted by atomic mass is 16.5. The van der Waals surface area contributed by atoms with E-state index in [9.17, 15) is 4.79 Å². The van der Waals surface area contributed by atoms with E-state index in [-0.39, 0.29) is 11.3 Å². The molecule has 5 heteroatoms. The minimum atomic E-state index is -0.225. The van der Waals surface area contributed by atoms with Crippen LogP contribution in [-0.2, 0) is 5.41 Å². The largest absolute Gasteiger partial charge is 0.493 e. The van der Waals surface area contributed by atoms with Gasteiger partial charge in [0.1, 0.15) is 11.6 Å². The Hall–Kier alpha value is -3.08. The van der Waals surface area contributed by atoms with Crippen molar-refractivity contribution < 1.29 is 9.53 Å². The van der Waals surface area contributed by atoms with Crippen LogP contribution in [0.2, 0.25) is 0 Å². The molecule has 140 valence electrons. The molecule has 5 nitrogen and oxygen atoms in total. The maximum atomic E-state index is 12.9. The van der Waals surface area contributed by atoms with E-state index < -0.39 is 0 Å². The molecule has 0 saturated heterocycles. The van der Waals surface area contributed by atoms with Crippen LogP contribution >= 0.6 is 0 Å². The second-order valence-electron chi connectivity index (χ2n) is 7.30. The van der Waals surface area contributed by atoms with Crippen LogP contribution in [0.4, 0.5) is 5.82 Å². The van der Waals surface area contributed by atoms with Gasteiger partial charge in [0.2, 0.25) is 0 Å². The Morgan fingerprint density at radius 3 is 2.41 bits per heavy atom. The van der Waals surface area contributed by atoms with Gasteiger partial charge in [-0.1, -0.05) is 51.1 Å². The van der Waals surface area contributed by atoms with E-state index in [0.717, 1.165) is 11.4 Å². The molecule has 1 amide bonds. The van der Waals surface area contributed by atoms with Crippen LogP contribution in [0.1, 0.15) is 43.7 Å². The Bertz CT molecular complexity index is 924. The lowest BCUT2D eigenvalue weighted by molar-refractivity contribution is 0.102. The van der Waals surface area contributed by atoms with Crippen molar-refractivity contribution in [2.75, 3.05) is 11.9 Å². The molecule has 0 unspecified atom stereocenters. The molecule has 3 rings (SSSR count). The fraction of sp³-hybridized carbons (Fsp3) is 0.273. The van der Waals surface area contributed by atoms with Crippen LogP contribution in [0, 0.1) is 0 Å². The highest BCUT2D eigenvalue weighted by molar-refractivity contribution is 6.06. The van der Waals surface area contributed by atoms with Gasteiger partial charge in [0.25, 0.3) is 5.91 Å². The Morgan fingerprint density at radius 1 is 1.07 bits per heavy atom. The highest BCUT2D eigenvalue weighted by Gasteiger charge is 2.22. The lowest BCUT2D eigenvalue weighted by Gasteiger charge is -2.14. The van der Waals surface area contributed by atoms with Gasteiger partial charge < -0.3 is 10.1 Å². The van der Waals surface area contributed by atoms with E-state index in [1.165, 1.54) is 0 Å². The van der Waals surface area contributed by atoms with Crippen molar-refractivity contribution in [3.63, 3.8) is 0 Å². The first-order valence-electron chi connectivity index (χ1n) is 9.09. The lowest BCUT2D eigenvalue weighted by atomic mass is 9.92. The topological polar surface area (TPSA) is 56.1 Å². The van der Waals surface area contributed by atoms with Crippen LogP contribution in [0.25, 0.3) is 5.69 Å².